The van der Waals surface area contributed by atoms with E-state index in [-0.39, 0.29) is 23.1 Å². The summed E-state index contributed by atoms with van der Waals surface area (Å²) in [5, 5.41) is 9.14. The number of carbonyl (C=O) groups is 2. The highest BCUT2D eigenvalue weighted by Crippen LogP contribution is 2.21. The molecule has 0 radical (unpaired) electrons. The summed E-state index contributed by atoms with van der Waals surface area (Å²) in [5.41, 5.74) is 0.0945. The summed E-state index contributed by atoms with van der Waals surface area (Å²) < 4.78 is 5.59. The fraction of sp³-hybridized carbons (Fsp3) is 0.529. The van der Waals surface area contributed by atoms with Crippen molar-refractivity contribution in [2.45, 2.75) is 46.6 Å². The van der Waals surface area contributed by atoms with Crippen LogP contribution < -0.4 is 0 Å². The molecule has 0 saturated carbocycles. The third-order valence-corrected chi connectivity index (χ3v) is 3.62. The van der Waals surface area contributed by atoms with Crippen LogP contribution in [0.5, 0.6) is 0 Å². The molecule has 2 atom stereocenters. The minimum Gasteiger partial charge on any atom is -0.478 e. The lowest BCUT2D eigenvalue weighted by Gasteiger charge is -2.25. The molecule has 0 aliphatic heterocycles. The molecular formula is C17H24O4. The van der Waals surface area contributed by atoms with E-state index in [1.165, 1.54) is 12.1 Å². The summed E-state index contributed by atoms with van der Waals surface area (Å²) in [5.74, 6) is -1.02. The molecule has 116 valence electrons. The van der Waals surface area contributed by atoms with Crippen molar-refractivity contribution in [2.75, 3.05) is 0 Å². The predicted octanol–water partition coefficient (Wildman–Crippen LogP) is 4.00. The Hall–Kier alpha value is -1.84. The van der Waals surface area contributed by atoms with E-state index in [4.69, 9.17) is 9.84 Å². The van der Waals surface area contributed by atoms with Crippen LogP contribution in [0.15, 0.2) is 24.3 Å². The maximum atomic E-state index is 12.3. The van der Waals surface area contributed by atoms with Gasteiger partial charge in [-0.25, -0.2) is 9.59 Å². The highest BCUT2D eigenvalue weighted by atomic mass is 16.5. The van der Waals surface area contributed by atoms with E-state index < -0.39 is 11.9 Å². The van der Waals surface area contributed by atoms with Crippen LogP contribution in [0.1, 0.15) is 61.3 Å². The Kier molecular flexibility index (Phi) is 6.40. The highest BCUT2D eigenvalue weighted by Gasteiger charge is 2.24. The quantitative estimate of drug-likeness (QED) is 0.771. The lowest BCUT2D eigenvalue weighted by Crippen LogP contribution is -2.27. The number of aromatic carboxylic acids is 1. The number of benzene rings is 1. The molecule has 1 aromatic rings. The van der Waals surface area contributed by atoms with Gasteiger partial charge in [-0.2, -0.15) is 0 Å². The van der Waals surface area contributed by atoms with Crippen LogP contribution in [0.4, 0.5) is 0 Å². The Bertz CT molecular complexity index is 493. The Morgan fingerprint density at radius 2 is 1.71 bits per heavy atom. The van der Waals surface area contributed by atoms with E-state index in [0.717, 1.165) is 12.8 Å². The van der Waals surface area contributed by atoms with Crippen molar-refractivity contribution in [1.29, 1.82) is 0 Å². The van der Waals surface area contributed by atoms with Gasteiger partial charge in [0.15, 0.2) is 0 Å². The standard InChI is InChI=1S/C17H24O4/c1-5-12(4)15(10-11(2)3)21-17(20)14-9-7-6-8-13(14)16(18)19/h6-9,11-12,15H,5,10H2,1-4H3,(H,18,19). The van der Waals surface area contributed by atoms with E-state index in [1.807, 2.05) is 6.92 Å². The number of esters is 1. The van der Waals surface area contributed by atoms with Gasteiger partial charge in [-0.05, 0) is 30.4 Å². The molecule has 0 heterocycles. The largest absolute Gasteiger partial charge is 0.478 e. The van der Waals surface area contributed by atoms with Crippen molar-refractivity contribution in [3.8, 4) is 0 Å². The van der Waals surface area contributed by atoms with Crippen molar-refractivity contribution in [3.05, 3.63) is 35.4 Å². The van der Waals surface area contributed by atoms with Crippen LogP contribution >= 0.6 is 0 Å². The zero-order valence-electron chi connectivity index (χ0n) is 13.1. The molecule has 1 rings (SSSR count). The average Bonchev–Trinajstić information content (AvgIpc) is 2.45. The zero-order chi connectivity index (χ0) is 16.0. The first-order valence-corrected chi connectivity index (χ1v) is 7.40. The van der Waals surface area contributed by atoms with Gasteiger partial charge in [0.25, 0.3) is 0 Å². The molecule has 0 spiro atoms. The molecule has 0 amide bonds. The topological polar surface area (TPSA) is 63.6 Å². The first kappa shape index (κ1) is 17.2. The van der Waals surface area contributed by atoms with E-state index in [9.17, 15) is 9.59 Å². The van der Waals surface area contributed by atoms with E-state index in [2.05, 4.69) is 20.8 Å². The van der Waals surface area contributed by atoms with Crippen LogP contribution in [0.3, 0.4) is 0 Å². The summed E-state index contributed by atoms with van der Waals surface area (Å²) >= 11 is 0. The average molecular weight is 292 g/mol. The van der Waals surface area contributed by atoms with Crippen molar-refractivity contribution in [1.82, 2.24) is 0 Å². The number of hydrogen-bond acceptors (Lipinski definition) is 3. The van der Waals surface area contributed by atoms with Gasteiger partial charge in [-0.15, -0.1) is 0 Å². The summed E-state index contributed by atoms with van der Waals surface area (Å²) in [6, 6.07) is 6.15. The van der Waals surface area contributed by atoms with Crippen molar-refractivity contribution >= 4 is 11.9 Å². The summed E-state index contributed by atoms with van der Waals surface area (Å²) in [6.07, 6.45) is 1.49. The monoisotopic (exact) mass is 292 g/mol. The third kappa shape index (κ3) is 4.88. The number of rotatable bonds is 7. The molecule has 4 heteroatoms. The molecule has 1 aromatic carbocycles. The number of carboxylic acid groups (broad SMARTS) is 1. The Balaban J connectivity index is 2.94. The molecule has 2 unspecified atom stereocenters. The second kappa shape index (κ2) is 7.81. The van der Waals surface area contributed by atoms with Crippen molar-refractivity contribution in [2.24, 2.45) is 11.8 Å². The second-order valence-corrected chi connectivity index (χ2v) is 5.81. The fourth-order valence-electron chi connectivity index (χ4n) is 2.17. The van der Waals surface area contributed by atoms with Gasteiger partial charge in [0.2, 0.25) is 0 Å². The first-order valence-electron chi connectivity index (χ1n) is 7.40. The maximum Gasteiger partial charge on any atom is 0.339 e. The molecular weight excluding hydrogens is 268 g/mol. The van der Waals surface area contributed by atoms with E-state index in [0.29, 0.717) is 5.92 Å². The summed E-state index contributed by atoms with van der Waals surface area (Å²) in [7, 11) is 0. The molecule has 0 fully saturated rings. The number of carboxylic acids is 1. The van der Waals surface area contributed by atoms with Crippen LogP contribution in [0, 0.1) is 11.8 Å². The molecule has 0 bridgehead atoms. The predicted molar refractivity (Wildman–Crippen MR) is 81.5 cm³/mol. The van der Waals surface area contributed by atoms with Crippen LogP contribution in [-0.2, 0) is 4.74 Å². The lowest BCUT2D eigenvalue weighted by atomic mass is 9.94. The van der Waals surface area contributed by atoms with Crippen LogP contribution in [0.2, 0.25) is 0 Å². The fourth-order valence-corrected chi connectivity index (χ4v) is 2.17. The molecule has 0 aliphatic rings. The van der Waals surface area contributed by atoms with E-state index >= 15 is 0 Å². The normalized spacial score (nSPS) is 13.8. The first-order chi connectivity index (χ1) is 9.86. The summed E-state index contributed by atoms with van der Waals surface area (Å²) in [4.78, 5) is 23.5. The minimum atomic E-state index is -1.12. The summed E-state index contributed by atoms with van der Waals surface area (Å²) in [6.45, 7) is 8.25. The molecule has 4 nitrogen and oxygen atoms in total. The SMILES string of the molecule is CCC(C)C(CC(C)C)OC(=O)c1ccccc1C(=O)O. The van der Waals surface area contributed by atoms with Gasteiger partial charge < -0.3 is 9.84 Å². The van der Waals surface area contributed by atoms with Crippen LogP contribution in [0.25, 0.3) is 0 Å². The second-order valence-electron chi connectivity index (χ2n) is 5.81. The smallest absolute Gasteiger partial charge is 0.339 e. The molecule has 1 N–H and O–H groups in total. The Labute approximate surface area is 126 Å². The van der Waals surface area contributed by atoms with Gasteiger partial charge in [-0.1, -0.05) is 46.2 Å². The lowest BCUT2D eigenvalue weighted by molar-refractivity contribution is 0.00889. The Morgan fingerprint density at radius 3 is 2.19 bits per heavy atom. The molecule has 0 saturated heterocycles. The number of ether oxygens (including phenoxy) is 1. The van der Waals surface area contributed by atoms with Crippen LogP contribution in [-0.4, -0.2) is 23.1 Å². The van der Waals surface area contributed by atoms with Crippen molar-refractivity contribution in [3.63, 3.8) is 0 Å². The van der Waals surface area contributed by atoms with Gasteiger partial charge in [-0.3, -0.25) is 0 Å². The van der Waals surface area contributed by atoms with Gasteiger partial charge in [0, 0.05) is 0 Å². The minimum absolute atomic E-state index is 0.0186. The zero-order valence-corrected chi connectivity index (χ0v) is 13.1. The van der Waals surface area contributed by atoms with Gasteiger partial charge in [0.1, 0.15) is 6.10 Å². The molecule has 0 aliphatic carbocycles. The van der Waals surface area contributed by atoms with Gasteiger partial charge >= 0.3 is 11.9 Å². The van der Waals surface area contributed by atoms with Gasteiger partial charge in [0.05, 0.1) is 11.1 Å². The van der Waals surface area contributed by atoms with E-state index in [1.54, 1.807) is 12.1 Å². The van der Waals surface area contributed by atoms with Crippen molar-refractivity contribution < 1.29 is 19.4 Å². The Morgan fingerprint density at radius 1 is 1.14 bits per heavy atom. The highest BCUT2D eigenvalue weighted by molar-refractivity contribution is 6.02. The molecule has 0 aromatic heterocycles. The number of hydrogen-bond donors (Lipinski definition) is 1. The number of carbonyl (C=O) groups excluding carboxylic acids is 1. The molecule has 21 heavy (non-hydrogen) atoms. The maximum absolute atomic E-state index is 12.3. The third-order valence-electron chi connectivity index (χ3n) is 3.62.